The van der Waals surface area contributed by atoms with Crippen molar-refractivity contribution in [2.45, 2.75) is 51.6 Å². The van der Waals surface area contributed by atoms with E-state index in [0.717, 1.165) is 12.0 Å². The lowest BCUT2D eigenvalue weighted by Gasteiger charge is -2.30. The molecule has 1 aromatic carbocycles. The smallest absolute Gasteiger partial charge is 0.0818 e. The molecule has 1 fully saturated rings. The van der Waals surface area contributed by atoms with Gasteiger partial charge in [-0.1, -0.05) is 44.0 Å². The van der Waals surface area contributed by atoms with Crippen molar-refractivity contribution in [1.29, 1.82) is 0 Å². The van der Waals surface area contributed by atoms with Crippen molar-refractivity contribution in [1.82, 2.24) is 0 Å². The summed E-state index contributed by atoms with van der Waals surface area (Å²) in [5, 5.41) is 10.1. The Balaban J connectivity index is 1.95. The van der Waals surface area contributed by atoms with Crippen LogP contribution in [0.1, 0.15) is 56.3 Å². The van der Waals surface area contributed by atoms with E-state index in [1.54, 1.807) is 0 Å². The summed E-state index contributed by atoms with van der Waals surface area (Å²) in [4.78, 5) is 0. The Hall–Kier alpha value is -0.820. The minimum atomic E-state index is -0.228. The van der Waals surface area contributed by atoms with Gasteiger partial charge in [0.1, 0.15) is 0 Å². The van der Waals surface area contributed by atoms with Gasteiger partial charge in [0.2, 0.25) is 0 Å². The van der Waals surface area contributed by atoms with Gasteiger partial charge < -0.3 is 5.11 Å². The van der Waals surface area contributed by atoms with Crippen molar-refractivity contribution in [2.75, 3.05) is 0 Å². The first kappa shape index (κ1) is 11.7. The second-order valence-electron chi connectivity index (χ2n) is 4.98. The number of unbranched alkanes of at least 4 members (excludes halogenated alkanes) is 1. The molecule has 1 atom stereocenters. The number of hydrogen-bond acceptors (Lipinski definition) is 1. The fraction of sp³-hybridized carbons (Fsp3) is 0.600. The van der Waals surface area contributed by atoms with Crippen LogP contribution in [0.5, 0.6) is 0 Å². The van der Waals surface area contributed by atoms with Crippen molar-refractivity contribution in [2.24, 2.45) is 5.92 Å². The van der Waals surface area contributed by atoms with E-state index in [2.05, 4.69) is 31.2 Å². The van der Waals surface area contributed by atoms with E-state index in [-0.39, 0.29) is 6.10 Å². The quantitative estimate of drug-likeness (QED) is 0.795. The predicted molar refractivity (Wildman–Crippen MR) is 67.4 cm³/mol. The Morgan fingerprint density at radius 2 is 1.94 bits per heavy atom. The second kappa shape index (κ2) is 5.49. The third-order valence-corrected chi connectivity index (χ3v) is 3.74. The van der Waals surface area contributed by atoms with Crippen LogP contribution >= 0.6 is 0 Å². The minimum Gasteiger partial charge on any atom is -0.388 e. The van der Waals surface area contributed by atoms with E-state index in [9.17, 15) is 5.11 Å². The summed E-state index contributed by atoms with van der Waals surface area (Å²) in [6.45, 7) is 2.22. The van der Waals surface area contributed by atoms with Crippen molar-refractivity contribution in [3.05, 3.63) is 35.4 Å². The first-order chi connectivity index (χ1) is 7.81. The number of aliphatic hydroxyl groups excluding tert-OH is 1. The van der Waals surface area contributed by atoms with Crippen LogP contribution in [0.15, 0.2) is 24.3 Å². The molecule has 1 aliphatic rings. The van der Waals surface area contributed by atoms with Crippen molar-refractivity contribution in [3.8, 4) is 0 Å². The van der Waals surface area contributed by atoms with Crippen LogP contribution in [-0.4, -0.2) is 5.11 Å². The van der Waals surface area contributed by atoms with Gasteiger partial charge in [-0.05, 0) is 42.7 Å². The molecule has 0 bridgehead atoms. The van der Waals surface area contributed by atoms with Crippen LogP contribution < -0.4 is 0 Å². The molecule has 88 valence electrons. The summed E-state index contributed by atoms with van der Waals surface area (Å²) in [6.07, 6.45) is 7.11. The van der Waals surface area contributed by atoms with Gasteiger partial charge in [-0.3, -0.25) is 0 Å². The third kappa shape index (κ3) is 2.65. The van der Waals surface area contributed by atoms with E-state index in [1.165, 1.54) is 37.7 Å². The maximum atomic E-state index is 10.1. The number of hydrogen-bond donors (Lipinski definition) is 1. The van der Waals surface area contributed by atoms with E-state index in [0.29, 0.717) is 5.92 Å². The number of rotatable bonds is 5. The topological polar surface area (TPSA) is 20.2 Å². The fourth-order valence-corrected chi connectivity index (χ4v) is 2.29. The lowest BCUT2D eigenvalue weighted by molar-refractivity contribution is 0.0621. The molecule has 1 aliphatic carbocycles. The SMILES string of the molecule is CCCCc1ccc(C(O)C2CCC2)cc1. The van der Waals surface area contributed by atoms with Gasteiger partial charge >= 0.3 is 0 Å². The Labute approximate surface area is 98.5 Å². The molecular formula is C15H22O. The molecule has 0 heterocycles. The van der Waals surface area contributed by atoms with Crippen LogP contribution in [0.2, 0.25) is 0 Å². The van der Waals surface area contributed by atoms with Gasteiger partial charge in [0.25, 0.3) is 0 Å². The number of benzene rings is 1. The number of aliphatic hydroxyl groups is 1. The highest BCUT2D eigenvalue weighted by atomic mass is 16.3. The average Bonchev–Trinajstić information content (AvgIpc) is 2.24. The molecule has 2 rings (SSSR count). The van der Waals surface area contributed by atoms with Crippen LogP contribution in [0.25, 0.3) is 0 Å². The summed E-state index contributed by atoms with van der Waals surface area (Å²) in [7, 11) is 0. The maximum absolute atomic E-state index is 10.1. The van der Waals surface area contributed by atoms with E-state index >= 15 is 0 Å². The highest BCUT2D eigenvalue weighted by Crippen LogP contribution is 2.37. The summed E-state index contributed by atoms with van der Waals surface area (Å²) in [6, 6.07) is 8.56. The summed E-state index contributed by atoms with van der Waals surface area (Å²) in [5.41, 5.74) is 2.50. The predicted octanol–water partition coefficient (Wildman–Crippen LogP) is 3.86. The zero-order valence-corrected chi connectivity index (χ0v) is 10.2. The van der Waals surface area contributed by atoms with Crippen molar-refractivity contribution in [3.63, 3.8) is 0 Å². The van der Waals surface area contributed by atoms with E-state index < -0.39 is 0 Å². The lowest BCUT2D eigenvalue weighted by atomic mass is 9.79. The van der Waals surface area contributed by atoms with Gasteiger partial charge in [-0.2, -0.15) is 0 Å². The molecule has 16 heavy (non-hydrogen) atoms. The van der Waals surface area contributed by atoms with Gasteiger partial charge in [-0.15, -0.1) is 0 Å². The van der Waals surface area contributed by atoms with Gasteiger partial charge in [0.05, 0.1) is 6.10 Å². The number of aryl methyl sites for hydroxylation is 1. The van der Waals surface area contributed by atoms with Crippen molar-refractivity contribution < 1.29 is 5.11 Å². The fourth-order valence-electron chi connectivity index (χ4n) is 2.29. The standard InChI is InChI=1S/C15H22O/c1-2-3-5-12-8-10-14(11-9-12)15(16)13-6-4-7-13/h8-11,13,15-16H,2-7H2,1H3. The van der Waals surface area contributed by atoms with Gasteiger partial charge in [0, 0.05) is 0 Å². The lowest BCUT2D eigenvalue weighted by Crippen LogP contribution is -2.19. The molecule has 0 radical (unpaired) electrons. The van der Waals surface area contributed by atoms with E-state index in [1.807, 2.05) is 0 Å². The molecule has 1 unspecified atom stereocenters. The monoisotopic (exact) mass is 218 g/mol. The van der Waals surface area contributed by atoms with Crippen LogP contribution in [0.3, 0.4) is 0 Å². The average molecular weight is 218 g/mol. The van der Waals surface area contributed by atoms with Crippen LogP contribution in [-0.2, 0) is 6.42 Å². The first-order valence-electron chi connectivity index (χ1n) is 6.58. The van der Waals surface area contributed by atoms with Gasteiger partial charge in [0.15, 0.2) is 0 Å². The minimum absolute atomic E-state index is 0.228. The highest BCUT2D eigenvalue weighted by Gasteiger charge is 2.26. The van der Waals surface area contributed by atoms with Crippen LogP contribution in [0.4, 0.5) is 0 Å². The second-order valence-corrected chi connectivity index (χ2v) is 4.98. The highest BCUT2D eigenvalue weighted by molar-refractivity contribution is 5.25. The molecule has 1 nitrogen and oxygen atoms in total. The summed E-state index contributed by atoms with van der Waals surface area (Å²) < 4.78 is 0. The summed E-state index contributed by atoms with van der Waals surface area (Å²) in [5.74, 6) is 0.515. The van der Waals surface area contributed by atoms with Crippen LogP contribution in [0, 0.1) is 5.92 Å². The molecule has 1 heteroatoms. The summed E-state index contributed by atoms with van der Waals surface area (Å²) >= 11 is 0. The zero-order chi connectivity index (χ0) is 11.4. The molecule has 0 saturated heterocycles. The molecular weight excluding hydrogens is 196 g/mol. The van der Waals surface area contributed by atoms with Crippen molar-refractivity contribution >= 4 is 0 Å². The largest absolute Gasteiger partial charge is 0.388 e. The zero-order valence-electron chi connectivity index (χ0n) is 10.2. The Kier molecular flexibility index (Phi) is 4.00. The molecule has 1 saturated carbocycles. The Bertz CT molecular complexity index is 311. The molecule has 0 aromatic heterocycles. The van der Waals surface area contributed by atoms with Gasteiger partial charge in [-0.25, -0.2) is 0 Å². The Morgan fingerprint density at radius 1 is 1.25 bits per heavy atom. The first-order valence-corrected chi connectivity index (χ1v) is 6.58. The normalized spacial score (nSPS) is 18.1. The molecule has 1 N–H and O–H groups in total. The molecule has 0 amide bonds. The molecule has 0 spiro atoms. The third-order valence-electron chi connectivity index (χ3n) is 3.74. The molecule has 0 aliphatic heterocycles. The molecule has 1 aromatic rings. The Morgan fingerprint density at radius 3 is 2.44 bits per heavy atom. The maximum Gasteiger partial charge on any atom is 0.0818 e. The van der Waals surface area contributed by atoms with E-state index in [4.69, 9.17) is 0 Å².